The Morgan fingerprint density at radius 1 is 0.583 bits per heavy atom. The van der Waals surface area contributed by atoms with Crippen LogP contribution in [0.5, 0.6) is 0 Å². The smallest absolute Gasteiger partial charge is 0.0822 e. The Kier molecular flexibility index (Phi) is 19.2. The Labute approximate surface area is 152 Å². The quantitative estimate of drug-likeness (QED) is 0.229. The summed E-state index contributed by atoms with van der Waals surface area (Å²) >= 11 is 0. The Hall–Kier alpha value is -0.0800. The maximum Gasteiger partial charge on any atom is 0.0822 e. The average Bonchev–Trinajstić information content (AvgIpc) is 2.55. The number of unbranched alkanes of at least 4 members (excludes halogenated alkanes) is 9. The fourth-order valence-electron chi connectivity index (χ4n) is 3.13. The van der Waals surface area contributed by atoms with Gasteiger partial charge in [0, 0.05) is 13.2 Å². The maximum atomic E-state index is 10.3. The van der Waals surface area contributed by atoms with Crippen LogP contribution in [0, 0.1) is 11.8 Å². The summed E-state index contributed by atoms with van der Waals surface area (Å²) in [6.45, 7) is 9.00. The molecule has 0 aromatic rings. The first-order valence-electron chi connectivity index (χ1n) is 10.8. The van der Waals surface area contributed by atoms with Gasteiger partial charge in [0.05, 0.1) is 6.61 Å². The third kappa shape index (κ3) is 20.0. The van der Waals surface area contributed by atoms with E-state index in [0.29, 0.717) is 0 Å². The molecule has 0 heterocycles. The molecule has 0 aliphatic carbocycles. The van der Waals surface area contributed by atoms with E-state index < -0.39 is 0 Å². The first kappa shape index (κ1) is 23.9. The van der Waals surface area contributed by atoms with Gasteiger partial charge in [-0.2, -0.15) is 0 Å². The highest BCUT2D eigenvalue weighted by Gasteiger charge is 2.03. The molecule has 0 rings (SSSR count). The van der Waals surface area contributed by atoms with Crippen LogP contribution in [-0.2, 0) is 9.84 Å². The maximum absolute atomic E-state index is 10.3. The van der Waals surface area contributed by atoms with Gasteiger partial charge in [0.2, 0.25) is 0 Å². The van der Waals surface area contributed by atoms with Gasteiger partial charge in [-0.15, -0.1) is 0 Å². The lowest BCUT2D eigenvalue weighted by atomic mass is 9.98. The SMILES string of the molecule is CC(C)CCCC(C)CCOCCCCCCCCCCCC[O]. The summed E-state index contributed by atoms with van der Waals surface area (Å²) < 4.78 is 5.79. The first-order chi connectivity index (χ1) is 11.7. The van der Waals surface area contributed by atoms with Gasteiger partial charge < -0.3 is 4.74 Å². The molecular weight excluding hydrogens is 296 g/mol. The largest absolute Gasteiger partial charge is 0.381 e. The summed E-state index contributed by atoms with van der Waals surface area (Å²) in [7, 11) is 0. The number of hydrogen-bond acceptors (Lipinski definition) is 1. The van der Waals surface area contributed by atoms with Crippen LogP contribution in [0.15, 0.2) is 0 Å². The molecule has 2 heteroatoms. The third-order valence-electron chi connectivity index (χ3n) is 4.92. The molecule has 0 fully saturated rings. The third-order valence-corrected chi connectivity index (χ3v) is 4.92. The Bertz CT molecular complexity index is 228. The van der Waals surface area contributed by atoms with Gasteiger partial charge >= 0.3 is 0 Å². The molecule has 2 nitrogen and oxygen atoms in total. The zero-order chi connectivity index (χ0) is 17.9. The normalized spacial score (nSPS) is 12.9. The second-order valence-electron chi connectivity index (χ2n) is 8.07. The monoisotopic (exact) mass is 341 g/mol. The molecule has 1 unspecified atom stereocenters. The zero-order valence-electron chi connectivity index (χ0n) is 17.0. The van der Waals surface area contributed by atoms with Crippen molar-refractivity contribution in [2.45, 2.75) is 111 Å². The van der Waals surface area contributed by atoms with E-state index in [2.05, 4.69) is 20.8 Å². The van der Waals surface area contributed by atoms with Gasteiger partial charge in [-0.3, -0.25) is 0 Å². The Balaban J connectivity index is 3.09. The van der Waals surface area contributed by atoms with E-state index in [9.17, 15) is 5.11 Å². The van der Waals surface area contributed by atoms with Crippen LogP contribution in [0.1, 0.15) is 111 Å². The molecule has 0 spiro atoms. The molecule has 0 amide bonds. The highest BCUT2D eigenvalue weighted by atomic mass is 16.5. The van der Waals surface area contributed by atoms with Crippen LogP contribution in [0.3, 0.4) is 0 Å². The van der Waals surface area contributed by atoms with Crippen molar-refractivity contribution in [3.8, 4) is 0 Å². The van der Waals surface area contributed by atoms with Crippen LogP contribution in [-0.4, -0.2) is 19.8 Å². The minimum absolute atomic E-state index is 0.110. The molecule has 0 aromatic carbocycles. The van der Waals surface area contributed by atoms with E-state index in [1.807, 2.05) is 0 Å². The van der Waals surface area contributed by atoms with Crippen molar-refractivity contribution in [3.63, 3.8) is 0 Å². The van der Waals surface area contributed by atoms with Gasteiger partial charge in [-0.25, -0.2) is 5.11 Å². The van der Waals surface area contributed by atoms with Crippen molar-refractivity contribution in [3.05, 3.63) is 0 Å². The van der Waals surface area contributed by atoms with Crippen LogP contribution in [0.4, 0.5) is 0 Å². The summed E-state index contributed by atoms with van der Waals surface area (Å²) in [4.78, 5) is 0. The zero-order valence-corrected chi connectivity index (χ0v) is 17.0. The molecule has 0 aromatic heterocycles. The van der Waals surface area contributed by atoms with Gasteiger partial charge in [-0.05, 0) is 31.1 Å². The van der Waals surface area contributed by atoms with E-state index in [1.165, 1.54) is 77.0 Å². The molecule has 1 atom stereocenters. The predicted octanol–water partition coefficient (Wildman–Crippen LogP) is 7.19. The summed E-state index contributed by atoms with van der Waals surface area (Å²) in [6, 6.07) is 0. The lowest BCUT2D eigenvalue weighted by Gasteiger charge is -2.12. The van der Waals surface area contributed by atoms with Crippen LogP contribution >= 0.6 is 0 Å². The number of ether oxygens (including phenoxy) is 1. The van der Waals surface area contributed by atoms with Crippen LogP contribution < -0.4 is 0 Å². The van der Waals surface area contributed by atoms with E-state index in [4.69, 9.17) is 4.74 Å². The van der Waals surface area contributed by atoms with Crippen LogP contribution in [0.25, 0.3) is 0 Å². The lowest BCUT2D eigenvalue weighted by Crippen LogP contribution is -2.04. The second kappa shape index (κ2) is 19.2. The molecular formula is C22H45O2. The standard InChI is InChI=1S/C22H45O2/c1-21(2)15-14-16-22(3)17-20-24-19-13-11-9-7-5-4-6-8-10-12-18-23/h21-22H,4-20H2,1-3H3. The van der Waals surface area contributed by atoms with E-state index in [-0.39, 0.29) is 6.61 Å². The van der Waals surface area contributed by atoms with Crippen molar-refractivity contribution in [1.29, 1.82) is 0 Å². The molecule has 0 saturated heterocycles. The van der Waals surface area contributed by atoms with Gasteiger partial charge in [0.1, 0.15) is 0 Å². The topological polar surface area (TPSA) is 29.1 Å². The van der Waals surface area contributed by atoms with Crippen molar-refractivity contribution in [1.82, 2.24) is 0 Å². The fourth-order valence-corrected chi connectivity index (χ4v) is 3.13. The summed E-state index contributed by atoms with van der Waals surface area (Å²) in [5.41, 5.74) is 0. The molecule has 1 radical (unpaired) electrons. The molecule has 0 saturated carbocycles. The van der Waals surface area contributed by atoms with Crippen LogP contribution in [0.2, 0.25) is 0 Å². The highest BCUT2D eigenvalue weighted by Crippen LogP contribution is 2.15. The molecule has 24 heavy (non-hydrogen) atoms. The Morgan fingerprint density at radius 2 is 1.12 bits per heavy atom. The molecule has 0 aliphatic heterocycles. The first-order valence-corrected chi connectivity index (χ1v) is 10.8. The van der Waals surface area contributed by atoms with Crippen molar-refractivity contribution < 1.29 is 9.84 Å². The fraction of sp³-hybridized carbons (Fsp3) is 1.00. The van der Waals surface area contributed by atoms with Crippen molar-refractivity contribution in [2.24, 2.45) is 11.8 Å². The lowest BCUT2D eigenvalue weighted by molar-refractivity contribution is 0.116. The molecule has 0 aliphatic rings. The molecule has 0 bridgehead atoms. The minimum Gasteiger partial charge on any atom is -0.381 e. The van der Waals surface area contributed by atoms with Gasteiger partial charge in [-0.1, -0.05) is 91.4 Å². The second-order valence-corrected chi connectivity index (χ2v) is 8.07. The highest BCUT2D eigenvalue weighted by molar-refractivity contribution is 4.55. The van der Waals surface area contributed by atoms with E-state index in [1.54, 1.807) is 0 Å². The van der Waals surface area contributed by atoms with E-state index in [0.717, 1.165) is 37.9 Å². The molecule has 0 N–H and O–H groups in total. The predicted molar refractivity (Wildman–Crippen MR) is 105 cm³/mol. The summed E-state index contributed by atoms with van der Waals surface area (Å²) in [5.74, 6) is 1.66. The Morgan fingerprint density at radius 3 is 1.67 bits per heavy atom. The van der Waals surface area contributed by atoms with Crippen molar-refractivity contribution >= 4 is 0 Å². The average molecular weight is 342 g/mol. The summed E-state index contributed by atoms with van der Waals surface area (Å²) in [6.07, 6.45) is 17.9. The number of hydrogen-bond donors (Lipinski definition) is 0. The minimum atomic E-state index is 0.110. The van der Waals surface area contributed by atoms with Crippen molar-refractivity contribution in [2.75, 3.05) is 19.8 Å². The van der Waals surface area contributed by atoms with Gasteiger partial charge in [0.15, 0.2) is 0 Å². The van der Waals surface area contributed by atoms with E-state index >= 15 is 0 Å². The number of rotatable bonds is 19. The van der Waals surface area contributed by atoms with Gasteiger partial charge in [0.25, 0.3) is 0 Å². The molecule has 145 valence electrons. The summed E-state index contributed by atoms with van der Waals surface area (Å²) in [5, 5.41) is 10.3.